The molecular formula is C71H90ClFN4. The first-order chi connectivity index (χ1) is 36.3. The van der Waals surface area contributed by atoms with Crippen LogP contribution in [-0.2, 0) is 6.42 Å². The second-order valence-corrected chi connectivity index (χ2v) is 20.1. The van der Waals surface area contributed by atoms with Crippen molar-refractivity contribution in [2.24, 2.45) is 0 Å². The number of nitrogens with zero attached hydrogens (tertiary/aromatic N) is 4. The fourth-order valence-corrected chi connectivity index (χ4v) is 7.20. The van der Waals surface area contributed by atoms with Gasteiger partial charge in [-0.2, -0.15) is 0 Å². The first-order valence-corrected chi connectivity index (χ1v) is 26.8. The zero-order valence-corrected chi connectivity index (χ0v) is 51.2. The highest BCUT2D eigenvalue weighted by Gasteiger charge is 1.96. The normalized spacial score (nSPS) is 9.48. The maximum atomic E-state index is 12.5. The summed E-state index contributed by atoms with van der Waals surface area (Å²) in [4.78, 5) is 16.2. The smallest absolute Gasteiger partial charge is 0.126 e. The third-order valence-electron chi connectivity index (χ3n) is 11.9. The molecule has 0 saturated carbocycles. The van der Waals surface area contributed by atoms with Crippen molar-refractivity contribution in [2.45, 2.75) is 145 Å². The van der Waals surface area contributed by atoms with E-state index >= 15 is 0 Å². The number of benzene rings is 6. The van der Waals surface area contributed by atoms with Crippen molar-refractivity contribution < 1.29 is 4.39 Å². The SMILES string of the molecule is CCc1cccc(C)c1.Cc1ccc(C)c(C)c1.Cc1ccc(F)c(C)c1.Cc1cccc(C)c1.Cc1cccc(C)c1C.Cc1cccc(C)c1Cl.Cc1cccc(C)n1.Cc1ccnc(C)c1.Cc1cncc(C)n1. The van der Waals surface area contributed by atoms with Gasteiger partial charge in [0.2, 0.25) is 0 Å². The molecule has 0 N–H and O–H groups in total. The summed E-state index contributed by atoms with van der Waals surface area (Å²) < 4.78 is 12.5. The molecule has 9 rings (SSSR count). The Labute approximate surface area is 471 Å². The van der Waals surface area contributed by atoms with Crippen molar-refractivity contribution in [3.8, 4) is 0 Å². The number of halogens is 2. The van der Waals surface area contributed by atoms with Gasteiger partial charge in [0, 0.05) is 40.7 Å². The lowest BCUT2D eigenvalue weighted by atomic mass is 10.1. The second kappa shape index (κ2) is 37.6. The molecule has 0 amide bonds. The predicted octanol–water partition coefficient (Wildman–Crippen LogP) is 20.0. The molecule has 6 heteroatoms. The molecule has 0 radical (unpaired) electrons. The number of aromatic nitrogens is 4. The van der Waals surface area contributed by atoms with E-state index in [0.29, 0.717) is 0 Å². The van der Waals surface area contributed by atoms with Crippen LogP contribution in [-0.4, -0.2) is 19.9 Å². The van der Waals surface area contributed by atoms with Crippen molar-refractivity contribution in [1.29, 1.82) is 0 Å². The molecule has 0 spiro atoms. The Bertz CT molecular complexity index is 2720. The van der Waals surface area contributed by atoms with E-state index in [0.717, 1.165) is 62.2 Å². The Hall–Kier alpha value is -7.08. The quantitative estimate of drug-likeness (QED) is 0.164. The highest BCUT2D eigenvalue weighted by atomic mass is 35.5. The van der Waals surface area contributed by atoms with Gasteiger partial charge in [0.25, 0.3) is 0 Å². The van der Waals surface area contributed by atoms with E-state index in [1.165, 1.54) is 67.3 Å². The molecule has 4 nitrogen and oxygen atoms in total. The maximum Gasteiger partial charge on any atom is 0.126 e. The van der Waals surface area contributed by atoms with Gasteiger partial charge in [-0.3, -0.25) is 19.9 Å². The van der Waals surface area contributed by atoms with E-state index < -0.39 is 0 Å². The summed E-state index contributed by atoms with van der Waals surface area (Å²) in [6.45, 7) is 41.0. The lowest BCUT2D eigenvalue weighted by Crippen LogP contribution is -1.85. The van der Waals surface area contributed by atoms with Crippen LogP contribution >= 0.6 is 11.6 Å². The lowest BCUT2D eigenvalue weighted by Gasteiger charge is -2.00. The van der Waals surface area contributed by atoms with Crippen LogP contribution in [0.1, 0.15) is 119 Å². The van der Waals surface area contributed by atoms with Gasteiger partial charge < -0.3 is 0 Å². The third-order valence-corrected chi connectivity index (χ3v) is 12.5. The Morgan fingerprint density at radius 1 is 0.351 bits per heavy atom. The standard InChI is InChI=1S/3C9H12.C8H9Cl.C8H9F.C8H10.2C7H9N.C6H8N2/c1-7-4-5-8(2)9(3)6-7;1-7-5-4-6-8(2)9(7)3;1-3-9-6-4-5-8(2)7-9;1-6-4-3-5-7(2)8(6)9;1-6-3-4-8(9)7(2)5-6;1-7-4-3-5-8(2)6-7;1-6-3-4-8-7(2)5-6;1-6-4-3-5-7(2)8-6;1-5-3-7-4-6(2)8-5/h2*4-6H,1-3H3;4-7H,3H2,1-2H3;2*3-5H,1-2H3;3-6H,1-2H3;2*3-5H,1-2H3;3-4H,1-2H3. The van der Waals surface area contributed by atoms with E-state index in [-0.39, 0.29) is 5.82 Å². The zero-order chi connectivity index (χ0) is 58.0. The van der Waals surface area contributed by atoms with Crippen LogP contribution < -0.4 is 0 Å². The van der Waals surface area contributed by atoms with Gasteiger partial charge in [-0.05, 0) is 224 Å². The Balaban J connectivity index is 0.000000433. The number of hydrogen-bond donors (Lipinski definition) is 0. The first-order valence-electron chi connectivity index (χ1n) is 26.5. The van der Waals surface area contributed by atoms with E-state index in [9.17, 15) is 4.39 Å². The highest BCUT2D eigenvalue weighted by Crippen LogP contribution is 2.18. The van der Waals surface area contributed by atoms with Crippen LogP contribution in [0.15, 0.2) is 170 Å². The summed E-state index contributed by atoms with van der Waals surface area (Å²) in [7, 11) is 0. The minimum Gasteiger partial charge on any atom is -0.262 e. The number of hydrogen-bond acceptors (Lipinski definition) is 4. The van der Waals surface area contributed by atoms with Gasteiger partial charge >= 0.3 is 0 Å². The molecule has 3 heterocycles. The average Bonchev–Trinajstić information content (AvgIpc) is 3.36. The highest BCUT2D eigenvalue weighted by molar-refractivity contribution is 6.32. The largest absolute Gasteiger partial charge is 0.262 e. The maximum absolute atomic E-state index is 12.5. The van der Waals surface area contributed by atoms with Crippen LogP contribution in [0.4, 0.5) is 4.39 Å². The van der Waals surface area contributed by atoms with Crippen LogP contribution in [0.2, 0.25) is 5.02 Å². The van der Waals surface area contributed by atoms with Crippen molar-refractivity contribution >= 4 is 11.6 Å². The summed E-state index contributed by atoms with van der Waals surface area (Å²) in [5, 5.41) is 0.887. The molecule has 0 saturated heterocycles. The van der Waals surface area contributed by atoms with Gasteiger partial charge in [-0.25, -0.2) is 4.39 Å². The monoisotopic (exact) mass is 1050 g/mol. The third kappa shape index (κ3) is 31.5. The molecule has 77 heavy (non-hydrogen) atoms. The van der Waals surface area contributed by atoms with Gasteiger partial charge in [-0.1, -0.05) is 168 Å². The second-order valence-electron chi connectivity index (χ2n) is 19.8. The van der Waals surface area contributed by atoms with E-state index in [1.807, 2.05) is 110 Å². The van der Waals surface area contributed by atoms with Crippen molar-refractivity contribution in [3.63, 3.8) is 0 Å². The number of aryl methyl sites for hydroxylation is 19. The average molecular weight is 1050 g/mol. The Kier molecular flexibility index (Phi) is 33.2. The van der Waals surface area contributed by atoms with E-state index in [1.54, 1.807) is 25.4 Å². The molecule has 3 aromatic heterocycles. The number of rotatable bonds is 1. The van der Waals surface area contributed by atoms with Gasteiger partial charge in [0.1, 0.15) is 5.82 Å². The molecule has 0 fully saturated rings. The van der Waals surface area contributed by atoms with E-state index in [4.69, 9.17) is 11.6 Å². The minimum atomic E-state index is -0.124. The molecule has 0 aliphatic carbocycles. The Morgan fingerprint density at radius 2 is 0.766 bits per heavy atom. The molecule has 0 atom stereocenters. The fraction of sp³-hybridized carbons (Fsp3) is 0.296. The predicted molar refractivity (Wildman–Crippen MR) is 334 cm³/mol. The van der Waals surface area contributed by atoms with Gasteiger partial charge in [-0.15, -0.1) is 0 Å². The van der Waals surface area contributed by atoms with E-state index in [2.05, 4.69) is 187 Å². The lowest BCUT2D eigenvalue weighted by molar-refractivity contribution is 0.618. The molecule has 9 aromatic rings. The Morgan fingerprint density at radius 3 is 1.08 bits per heavy atom. The molecule has 0 aliphatic heterocycles. The molecular weight excluding hydrogens is 963 g/mol. The van der Waals surface area contributed by atoms with Crippen molar-refractivity contribution in [2.75, 3.05) is 0 Å². The molecule has 6 aromatic carbocycles. The molecule has 0 unspecified atom stereocenters. The van der Waals surface area contributed by atoms with Crippen molar-refractivity contribution in [1.82, 2.24) is 19.9 Å². The molecule has 408 valence electrons. The van der Waals surface area contributed by atoms with Crippen LogP contribution in [0.3, 0.4) is 0 Å². The fourth-order valence-electron chi connectivity index (χ4n) is 7.07. The summed E-state index contributed by atoms with van der Waals surface area (Å²) in [5.41, 5.74) is 24.4. The topological polar surface area (TPSA) is 51.6 Å². The minimum absolute atomic E-state index is 0.124. The molecule has 0 aliphatic rings. The van der Waals surface area contributed by atoms with Crippen molar-refractivity contribution in [3.05, 3.63) is 293 Å². The zero-order valence-electron chi connectivity index (χ0n) is 50.4. The summed E-state index contributed by atoms with van der Waals surface area (Å²) in [5.74, 6) is -0.124. The van der Waals surface area contributed by atoms with Gasteiger partial charge in [0.15, 0.2) is 0 Å². The van der Waals surface area contributed by atoms with Gasteiger partial charge in [0.05, 0.1) is 11.4 Å². The number of pyridine rings is 2. The summed E-state index contributed by atoms with van der Waals surface area (Å²) in [6.07, 6.45) is 6.45. The summed E-state index contributed by atoms with van der Waals surface area (Å²) >= 11 is 5.88. The summed E-state index contributed by atoms with van der Waals surface area (Å²) in [6, 6.07) is 51.1. The van der Waals surface area contributed by atoms with Crippen LogP contribution in [0.5, 0.6) is 0 Å². The first kappa shape index (κ1) is 67.9. The molecule has 0 bridgehead atoms. The van der Waals surface area contributed by atoms with Crippen LogP contribution in [0, 0.1) is 137 Å². The van der Waals surface area contributed by atoms with Crippen LogP contribution in [0.25, 0.3) is 0 Å².